The highest BCUT2D eigenvalue weighted by molar-refractivity contribution is 5.92. The largest absolute Gasteiger partial charge is 0.466 e. The smallest absolute Gasteiger partial charge is 0.335 e. The SMILES string of the molecule is CC.CC.COC(=O)C1=CC=CCC1Nc1ccccc1C=O. The lowest BCUT2D eigenvalue weighted by atomic mass is 9.98. The number of aldehydes is 1. The van der Waals surface area contributed by atoms with Crippen LogP contribution < -0.4 is 5.32 Å². The molecule has 1 aliphatic carbocycles. The van der Waals surface area contributed by atoms with Gasteiger partial charge in [-0.1, -0.05) is 52.0 Å². The fraction of sp³-hybridized carbons (Fsp3) is 0.368. The summed E-state index contributed by atoms with van der Waals surface area (Å²) < 4.78 is 4.76. The van der Waals surface area contributed by atoms with Crippen molar-refractivity contribution in [3.8, 4) is 0 Å². The molecule has 1 unspecified atom stereocenters. The average Bonchev–Trinajstić information content (AvgIpc) is 2.65. The molecule has 4 heteroatoms. The van der Waals surface area contributed by atoms with Crippen molar-refractivity contribution < 1.29 is 14.3 Å². The maximum Gasteiger partial charge on any atom is 0.335 e. The standard InChI is InChI=1S/C15H15NO3.2C2H6/c1-19-15(18)12-7-3-5-9-14(12)16-13-8-4-2-6-11(13)10-17;2*1-2/h2-8,10,14,16H,9H2,1H3;2*1-2H3. The molecule has 1 N–H and O–H groups in total. The van der Waals surface area contributed by atoms with Gasteiger partial charge in [0.25, 0.3) is 0 Å². The molecule has 1 aromatic rings. The Kier molecular flexibility index (Phi) is 11.0. The lowest BCUT2D eigenvalue weighted by Crippen LogP contribution is -2.28. The molecule has 0 fully saturated rings. The molecule has 0 radical (unpaired) electrons. The number of benzene rings is 1. The Labute approximate surface area is 139 Å². The fourth-order valence-corrected chi connectivity index (χ4v) is 2.01. The van der Waals surface area contributed by atoms with E-state index in [2.05, 4.69) is 5.32 Å². The van der Waals surface area contributed by atoms with Crippen LogP contribution in [0.3, 0.4) is 0 Å². The number of hydrogen-bond donors (Lipinski definition) is 1. The van der Waals surface area contributed by atoms with Gasteiger partial charge < -0.3 is 10.1 Å². The number of carbonyl (C=O) groups excluding carboxylic acids is 2. The number of hydrogen-bond acceptors (Lipinski definition) is 4. The molecule has 1 aromatic carbocycles. The van der Waals surface area contributed by atoms with Crippen molar-refractivity contribution in [1.29, 1.82) is 0 Å². The van der Waals surface area contributed by atoms with Crippen molar-refractivity contribution >= 4 is 17.9 Å². The van der Waals surface area contributed by atoms with Crippen molar-refractivity contribution in [2.75, 3.05) is 12.4 Å². The van der Waals surface area contributed by atoms with E-state index in [4.69, 9.17) is 4.74 Å². The monoisotopic (exact) mass is 317 g/mol. The van der Waals surface area contributed by atoms with E-state index in [1.807, 2.05) is 52.0 Å². The summed E-state index contributed by atoms with van der Waals surface area (Å²) in [6.07, 6.45) is 7.00. The van der Waals surface area contributed by atoms with Crippen LogP contribution in [0.15, 0.2) is 48.1 Å². The van der Waals surface area contributed by atoms with E-state index in [-0.39, 0.29) is 12.0 Å². The Hall–Kier alpha value is -2.36. The first kappa shape index (κ1) is 20.6. The van der Waals surface area contributed by atoms with Crippen molar-refractivity contribution in [2.45, 2.75) is 40.2 Å². The van der Waals surface area contributed by atoms with Gasteiger partial charge in [0.15, 0.2) is 6.29 Å². The third-order valence-corrected chi connectivity index (χ3v) is 3.00. The molecular formula is C19H27NO3. The summed E-state index contributed by atoms with van der Waals surface area (Å²) in [4.78, 5) is 22.7. The molecule has 0 aromatic heterocycles. The molecule has 0 spiro atoms. The molecule has 0 saturated heterocycles. The summed E-state index contributed by atoms with van der Waals surface area (Å²) in [6, 6.07) is 7.01. The first-order valence-corrected chi connectivity index (χ1v) is 8.02. The molecule has 0 aliphatic heterocycles. The van der Waals surface area contributed by atoms with Crippen LogP contribution in [-0.2, 0) is 9.53 Å². The summed E-state index contributed by atoms with van der Waals surface area (Å²) in [5, 5.41) is 3.21. The highest BCUT2D eigenvalue weighted by Gasteiger charge is 2.22. The molecule has 0 amide bonds. The van der Waals surface area contributed by atoms with Crippen molar-refractivity contribution in [3.05, 3.63) is 53.6 Å². The van der Waals surface area contributed by atoms with Crippen LogP contribution in [0, 0.1) is 0 Å². The van der Waals surface area contributed by atoms with Gasteiger partial charge in [0.05, 0.1) is 18.7 Å². The minimum absolute atomic E-state index is 0.182. The second kappa shape index (κ2) is 12.2. The predicted molar refractivity (Wildman–Crippen MR) is 95.8 cm³/mol. The van der Waals surface area contributed by atoms with Crippen molar-refractivity contribution in [3.63, 3.8) is 0 Å². The number of allylic oxidation sites excluding steroid dienone is 2. The number of nitrogens with one attached hydrogen (secondary N) is 1. The zero-order valence-corrected chi connectivity index (χ0v) is 14.6. The first-order valence-electron chi connectivity index (χ1n) is 8.02. The van der Waals surface area contributed by atoms with Gasteiger partial charge in [0.2, 0.25) is 0 Å². The molecule has 0 bridgehead atoms. The second-order valence-corrected chi connectivity index (χ2v) is 4.18. The Morgan fingerprint density at radius 1 is 1.22 bits per heavy atom. The predicted octanol–water partition coefficient (Wildman–Crippen LogP) is 4.39. The Morgan fingerprint density at radius 2 is 1.87 bits per heavy atom. The fourth-order valence-electron chi connectivity index (χ4n) is 2.01. The third kappa shape index (κ3) is 6.10. The second-order valence-electron chi connectivity index (χ2n) is 4.18. The quantitative estimate of drug-likeness (QED) is 0.661. The van der Waals surface area contributed by atoms with Crippen LogP contribution in [-0.4, -0.2) is 25.4 Å². The van der Waals surface area contributed by atoms with E-state index in [0.29, 0.717) is 23.2 Å². The van der Waals surface area contributed by atoms with Crippen LogP contribution in [0.4, 0.5) is 5.69 Å². The van der Waals surface area contributed by atoms with E-state index >= 15 is 0 Å². The maximum absolute atomic E-state index is 11.7. The van der Waals surface area contributed by atoms with Gasteiger partial charge in [0.1, 0.15) is 0 Å². The lowest BCUT2D eigenvalue weighted by molar-refractivity contribution is -0.136. The maximum atomic E-state index is 11.7. The zero-order valence-electron chi connectivity index (χ0n) is 14.6. The van der Waals surface area contributed by atoms with Gasteiger partial charge in [-0.05, 0) is 24.6 Å². The Balaban J connectivity index is 0.00000112. The number of ether oxygens (including phenoxy) is 1. The molecule has 1 aliphatic rings. The van der Waals surface area contributed by atoms with Crippen LogP contribution in [0.1, 0.15) is 44.5 Å². The summed E-state index contributed by atoms with van der Waals surface area (Å²) in [7, 11) is 1.36. The topological polar surface area (TPSA) is 55.4 Å². The minimum Gasteiger partial charge on any atom is -0.466 e. The number of esters is 1. The molecule has 23 heavy (non-hydrogen) atoms. The highest BCUT2D eigenvalue weighted by Crippen LogP contribution is 2.21. The van der Waals surface area contributed by atoms with Crippen molar-refractivity contribution in [2.24, 2.45) is 0 Å². The number of carbonyl (C=O) groups is 2. The van der Waals surface area contributed by atoms with E-state index < -0.39 is 0 Å². The van der Waals surface area contributed by atoms with Gasteiger partial charge in [-0.25, -0.2) is 4.79 Å². The highest BCUT2D eigenvalue weighted by atomic mass is 16.5. The molecule has 4 nitrogen and oxygen atoms in total. The van der Waals surface area contributed by atoms with Gasteiger partial charge in [-0.3, -0.25) is 4.79 Å². The molecule has 1 atom stereocenters. The van der Waals surface area contributed by atoms with Gasteiger partial charge in [-0.15, -0.1) is 0 Å². The molecular weight excluding hydrogens is 290 g/mol. The van der Waals surface area contributed by atoms with Crippen LogP contribution in [0.5, 0.6) is 0 Å². The minimum atomic E-state index is -0.356. The molecule has 126 valence electrons. The van der Waals surface area contributed by atoms with Crippen LogP contribution >= 0.6 is 0 Å². The average molecular weight is 317 g/mol. The normalized spacial score (nSPS) is 15.0. The van der Waals surface area contributed by atoms with E-state index in [9.17, 15) is 9.59 Å². The summed E-state index contributed by atoms with van der Waals surface area (Å²) in [5.74, 6) is -0.356. The third-order valence-electron chi connectivity index (χ3n) is 3.00. The van der Waals surface area contributed by atoms with Crippen molar-refractivity contribution in [1.82, 2.24) is 0 Å². The van der Waals surface area contributed by atoms with Crippen LogP contribution in [0.25, 0.3) is 0 Å². The summed E-state index contributed by atoms with van der Waals surface area (Å²) in [6.45, 7) is 8.00. The van der Waals surface area contributed by atoms with Gasteiger partial charge >= 0.3 is 5.97 Å². The van der Waals surface area contributed by atoms with Crippen LogP contribution in [0.2, 0.25) is 0 Å². The molecule has 2 rings (SSSR count). The Morgan fingerprint density at radius 3 is 2.48 bits per heavy atom. The summed E-state index contributed by atoms with van der Waals surface area (Å²) in [5.41, 5.74) is 1.85. The summed E-state index contributed by atoms with van der Waals surface area (Å²) >= 11 is 0. The zero-order chi connectivity index (χ0) is 17.7. The Bertz CT molecular complexity index is 547. The van der Waals surface area contributed by atoms with Gasteiger partial charge in [0, 0.05) is 11.3 Å². The van der Waals surface area contributed by atoms with E-state index in [0.717, 1.165) is 6.29 Å². The number of para-hydroxylation sites is 1. The molecule has 0 saturated carbocycles. The first-order chi connectivity index (χ1) is 11.3. The number of anilines is 1. The number of methoxy groups -OCH3 is 1. The van der Waals surface area contributed by atoms with E-state index in [1.165, 1.54) is 7.11 Å². The van der Waals surface area contributed by atoms with E-state index in [1.54, 1.807) is 18.2 Å². The number of rotatable bonds is 4. The van der Waals surface area contributed by atoms with Gasteiger partial charge in [-0.2, -0.15) is 0 Å². The lowest BCUT2D eigenvalue weighted by Gasteiger charge is -2.23. The molecule has 0 heterocycles.